The Labute approximate surface area is 224 Å². The van der Waals surface area contributed by atoms with Gasteiger partial charge in [-0.25, -0.2) is 8.42 Å². The Hall–Kier alpha value is -3.36. The zero-order valence-electron chi connectivity index (χ0n) is 21.2. The molecule has 0 fully saturated rings. The molecule has 0 aromatic heterocycles. The topological polar surface area (TPSA) is 86.8 Å². The van der Waals surface area contributed by atoms with Crippen LogP contribution in [0.5, 0.6) is 0 Å². The molecular weight excluding hydrogens is 510 g/mol. The number of sulfonamides is 1. The van der Waals surface area contributed by atoms with Gasteiger partial charge >= 0.3 is 0 Å². The Morgan fingerprint density at radius 3 is 2.16 bits per heavy atom. The van der Waals surface area contributed by atoms with E-state index in [0.29, 0.717) is 23.7 Å². The highest BCUT2D eigenvalue weighted by atomic mass is 35.5. The highest BCUT2D eigenvalue weighted by molar-refractivity contribution is 7.92. The molecule has 2 amide bonds. The van der Waals surface area contributed by atoms with Gasteiger partial charge in [0.25, 0.3) is 10.0 Å². The Morgan fingerprint density at radius 2 is 1.57 bits per heavy atom. The van der Waals surface area contributed by atoms with Crippen LogP contribution in [0.2, 0.25) is 5.02 Å². The Balaban J connectivity index is 1.96. The second-order valence-corrected chi connectivity index (χ2v) is 11.0. The number of carbonyl (C=O) groups excluding carboxylic acids is 2. The summed E-state index contributed by atoms with van der Waals surface area (Å²) in [5.41, 5.74) is 2.31. The van der Waals surface area contributed by atoms with Crippen molar-refractivity contribution in [1.29, 1.82) is 0 Å². The van der Waals surface area contributed by atoms with Crippen LogP contribution in [-0.2, 0) is 26.0 Å². The van der Waals surface area contributed by atoms with Crippen molar-refractivity contribution in [2.75, 3.05) is 23.9 Å². The first-order valence-electron chi connectivity index (χ1n) is 12.1. The van der Waals surface area contributed by atoms with Crippen LogP contribution in [0.15, 0.2) is 83.8 Å². The highest BCUT2D eigenvalue weighted by Crippen LogP contribution is 2.25. The predicted molar refractivity (Wildman–Crippen MR) is 147 cm³/mol. The summed E-state index contributed by atoms with van der Waals surface area (Å²) in [5.74, 6) is -0.779. The second kappa shape index (κ2) is 12.7. The van der Waals surface area contributed by atoms with E-state index >= 15 is 0 Å². The zero-order valence-corrected chi connectivity index (χ0v) is 22.8. The van der Waals surface area contributed by atoms with Crippen molar-refractivity contribution in [3.63, 3.8) is 0 Å². The van der Waals surface area contributed by atoms with Crippen LogP contribution in [0.1, 0.15) is 25.0 Å². The molecule has 0 aliphatic carbocycles. The van der Waals surface area contributed by atoms with Crippen molar-refractivity contribution in [3.05, 3.63) is 95.0 Å². The van der Waals surface area contributed by atoms with Gasteiger partial charge in [-0.15, -0.1) is 0 Å². The summed E-state index contributed by atoms with van der Waals surface area (Å²) in [6, 6.07) is 21.5. The number of anilines is 1. The van der Waals surface area contributed by atoms with Crippen LogP contribution in [0, 0.1) is 6.92 Å². The van der Waals surface area contributed by atoms with E-state index in [9.17, 15) is 18.0 Å². The summed E-state index contributed by atoms with van der Waals surface area (Å²) in [4.78, 5) is 27.9. The van der Waals surface area contributed by atoms with Crippen molar-refractivity contribution >= 4 is 39.1 Å². The minimum atomic E-state index is -4.11. The minimum Gasteiger partial charge on any atom is -0.355 e. The number of halogens is 1. The summed E-state index contributed by atoms with van der Waals surface area (Å²) in [6.07, 6.45) is 0.519. The summed E-state index contributed by atoms with van der Waals surface area (Å²) in [6.45, 7) is 5.56. The predicted octanol–water partition coefficient (Wildman–Crippen LogP) is 4.44. The molecule has 1 N–H and O–H groups in total. The van der Waals surface area contributed by atoms with E-state index in [1.54, 1.807) is 38.1 Å². The standard InChI is InChI=1S/C28H32ClN3O4S/c1-4-30-28(34)22(3)31(19-18-23-8-6-5-7-9-23)27(33)20-32(25-14-10-21(2)11-15-25)37(35,36)26-16-12-24(29)13-17-26/h5-17,22H,4,18-20H2,1-3H3,(H,30,34). The fraction of sp³-hybridized carbons (Fsp3) is 0.286. The number of rotatable bonds is 11. The van der Waals surface area contributed by atoms with Gasteiger partial charge in [0, 0.05) is 18.1 Å². The van der Waals surface area contributed by atoms with Crippen molar-refractivity contribution in [2.45, 2.75) is 38.1 Å². The molecule has 1 unspecified atom stereocenters. The van der Waals surface area contributed by atoms with E-state index in [0.717, 1.165) is 15.4 Å². The SMILES string of the molecule is CCNC(=O)C(C)N(CCc1ccccc1)C(=O)CN(c1ccc(C)cc1)S(=O)(=O)c1ccc(Cl)cc1. The summed E-state index contributed by atoms with van der Waals surface area (Å²) in [5, 5.41) is 3.16. The first kappa shape index (κ1) is 28.2. The summed E-state index contributed by atoms with van der Waals surface area (Å²) < 4.78 is 28.5. The first-order valence-corrected chi connectivity index (χ1v) is 13.9. The van der Waals surface area contributed by atoms with Gasteiger partial charge < -0.3 is 10.2 Å². The Morgan fingerprint density at radius 1 is 0.946 bits per heavy atom. The van der Waals surface area contributed by atoms with Crippen molar-refractivity contribution in [3.8, 4) is 0 Å². The molecule has 0 aliphatic rings. The molecule has 0 aliphatic heterocycles. The number of amides is 2. The second-order valence-electron chi connectivity index (χ2n) is 8.69. The lowest BCUT2D eigenvalue weighted by molar-refractivity contribution is -0.138. The van der Waals surface area contributed by atoms with E-state index in [-0.39, 0.29) is 17.3 Å². The minimum absolute atomic E-state index is 0.0119. The van der Waals surface area contributed by atoms with Crippen LogP contribution in [0.4, 0.5) is 5.69 Å². The zero-order chi connectivity index (χ0) is 27.0. The van der Waals surface area contributed by atoms with Crippen LogP contribution >= 0.6 is 11.6 Å². The molecule has 9 heteroatoms. The van der Waals surface area contributed by atoms with Crippen molar-refractivity contribution in [1.82, 2.24) is 10.2 Å². The molecule has 0 heterocycles. The maximum absolute atomic E-state index is 13.7. The number of hydrogen-bond donors (Lipinski definition) is 1. The molecule has 0 radical (unpaired) electrons. The van der Waals surface area contributed by atoms with E-state index in [2.05, 4.69) is 5.32 Å². The lowest BCUT2D eigenvalue weighted by Gasteiger charge is -2.32. The smallest absolute Gasteiger partial charge is 0.264 e. The van der Waals surface area contributed by atoms with Gasteiger partial charge in [-0.1, -0.05) is 59.6 Å². The van der Waals surface area contributed by atoms with Gasteiger partial charge in [-0.05, 0) is 69.2 Å². The number of nitrogens with zero attached hydrogens (tertiary/aromatic N) is 2. The summed E-state index contributed by atoms with van der Waals surface area (Å²) >= 11 is 5.97. The quantitative estimate of drug-likeness (QED) is 0.389. The Kier molecular flexibility index (Phi) is 9.72. The third-order valence-electron chi connectivity index (χ3n) is 6.00. The van der Waals surface area contributed by atoms with E-state index in [1.807, 2.05) is 37.3 Å². The largest absolute Gasteiger partial charge is 0.355 e. The monoisotopic (exact) mass is 541 g/mol. The molecule has 3 aromatic rings. The number of carbonyl (C=O) groups is 2. The molecule has 3 rings (SSSR count). The molecule has 3 aromatic carbocycles. The molecular formula is C28H32ClN3O4S. The van der Waals surface area contributed by atoms with Gasteiger partial charge in [-0.2, -0.15) is 0 Å². The molecule has 0 spiro atoms. The van der Waals surface area contributed by atoms with E-state index < -0.39 is 28.5 Å². The third kappa shape index (κ3) is 7.33. The van der Waals surface area contributed by atoms with Crippen LogP contribution < -0.4 is 9.62 Å². The van der Waals surface area contributed by atoms with E-state index in [1.165, 1.54) is 29.2 Å². The number of benzene rings is 3. The number of aryl methyl sites for hydroxylation is 1. The highest BCUT2D eigenvalue weighted by Gasteiger charge is 2.32. The van der Waals surface area contributed by atoms with Crippen LogP contribution in [0.3, 0.4) is 0 Å². The van der Waals surface area contributed by atoms with Gasteiger partial charge in [0.2, 0.25) is 11.8 Å². The maximum Gasteiger partial charge on any atom is 0.264 e. The normalized spacial score (nSPS) is 12.0. The lowest BCUT2D eigenvalue weighted by Crippen LogP contribution is -2.52. The molecule has 196 valence electrons. The first-order chi connectivity index (χ1) is 17.6. The molecule has 1 atom stereocenters. The Bertz CT molecular complexity index is 1300. The third-order valence-corrected chi connectivity index (χ3v) is 8.05. The molecule has 0 saturated carbocycles. The van der Waals surface area contributed by atoms with Crippen LogP contribution in [0.25, 0.3) is 0 Å². The fourth-order valence-corrected chi connectivity index (χ4v) is 5.41. The average molecular weight is 542 g/mol. The maximum atomic E-state index is 13.7. The number of hydrogen-bond acceptors (Lipinski definition) is 4. The van der Waals surface area contributed by atoms with Crippen LogP contribution in [-0.4, -0.2) is 50.8 Å². The average Bonchev–Trinajstić information content (AvgIpc) is 2.89. The van der Waals surface area contributed by atoms with Gasteiger partial charge in [0.1, 0.15) is 12.6 Å². The van der Waals surface area contributed by atoms with Gasteiger partial charge in [0.15, 0.2) is 0 Å². The summed E-state index contributed by atoms with van der Waals surface area (Å²) in [7, 11) is -4.11. The molecule has 7 nitrogen and oxygen atoms in total. The number of nitrogens with one attached hydrogen (secondary N) is 1. The molecule has 0 saturated heterocycles. The van der Waals surface area contributed by atoms with Gasteiger partial charge in [0.05, 0.1) is 10.6 Å². The van der Waals surface area contributed by atoms with Crippen molar-refractivity contribution in [2.24, 2.45) is 0 Å². The molecule has 0 bridgehead atoms. The van der Waals surface area contributed by atoms with Gasteiger partial charge in [-0.3, -0.25) is 13.9 Å². The van der Waals surface area contributed by atoms with E-state index in [4.69, 9.17) is 11.6 Å². The molecule has 37 heavy (non-hydrogen) atoms. The van der Waals surface area contributed by atoms with Crippen molar-refractivity contribution < 1.29 is 18.0 Å². The fourth-order valence-electron chi connectivity index (χ4n) is 3.87. The lowest BCUT2D eigenvalue weighted by atomic mass is 10.1. The number of likely N-dealkylation sites (N-methyl/N-ethyl adjacent to an activating group) is 1.